The molecule has 4 nitrogen and oxygen atoms in total. The Balaban J connectivity index is 0.00000180. The predicted octanol–water partition coefficient (Wildman–Crippen LogP) is 2.94. The van der Waals surface area contributed by atoms with E-state index in [4.69, 9.17) is 16.0 Å². The van der Waals surface area contributed by atoms with Crippen LogP contribution in [0.2, 0.25) is 5.02 Å². The van der Waals surface area contributed by atoms with Crippen molar-refractivity contribution in [3.05, 3.63) is 38.7 Å². The van der Waals surface area contributed by atoms with Gasteiger partial charge < -0.3 is 14.4 Å². The number of phenolic OH excluding ortho intramolecular Hbond substituents is 1. The molecule has 0 unspecified atom stereocenters. The number of hydrogen-bond donors (Lipinski definition) is 1. The second kappa shape index (κ2) is 5.82. The summed E-state index contributed by atoms with van der Waals surface area (Å²) in [5, 5.41) is 10.8. The molecular weight excluding hydrogens is 289 g/mol. The Bertz CT molecular complexity index is 665. The second-order valence-electron chi connectivity index (χ2n) is 4.56. The van der Waals surface area contributed by atoms with Gasteiger partial charge in [-0.15, -0.1) is 12.4 Å². The zero-order valence-corrected chi connectivity index (χ0v) is 12.4. The van der Waals surface area contributed by atoms with Crippen molar-refractivity contribution in [2.24, 2.45) is 0 Å². The van der Waals surface area contributed by atoms with Crippen LogP contribution in [0.4, 0.5) is 0 Å². The minimum absolute atomic E-state index is 0. The Morgan fingerprint density at radius 2 is 2.00 bits per heavy atom. The average molecular weight is 304 g/mol. The highest BCUT2D eigenvalue weighted by Crippen LogP contribution is 2.36. The molecule has 0 atom stereocenters. The van der Waals surface area contributed by atoms with E-state index in [1.165, 1.54) is 6.07 Å². The van der Waals surface area contributed by atoms with Gasteiger partial charge in [0.2, 0.25) is 0 Å². The van der Waals surface area contributed by atoms with Gasteiger partial charge in [-0.2, -0.15) is 0 Å². The van der Waals surface area contributed by atoms with E-state index in [0.29, 0.717) is 12.1 Å². The molecule has 1 aromatic carbocycles. The third-order valence-corrected chi connectivity index (χ3v) is 3.07. The lowest BCUT2D eigenvalue weighted by atomic mass is 10.1. The molecule has 0 fully saturated rings. The quantitative estimate of drug-likeness (QED) is 0.867. The molecule has 0 saturated heterocycles. The van der Waals surface area contributed by atoms with Crippen molar-refractivity contribution in [3.8, 4) is 5.75 Å². The lowest BCUT2D eigenvalue weighted by Crippen LogP contribution is -2.11. The van der Waals surface area contributed by atoms with E-state index in [2.05, 4.69) is 0 Å². The summed E-state index contributed by atoms with van der Waals surface area (Å²) < 4.78 is 5.05. The van der Waals surface area contributed by atoms with Crippen LogP contribution in [0.5, 0.6) is 5.75 Å². The molecule has 6 heteroatoms. The van der Waals surface area contributed by atoms with Crippen LogP contribution in [0.1, 0.15) is 11.1 Å². The van der Waals surface area contributed by atoms with Crippen LogP contribution in [0, 0.1) is 6.92 Å². The van der Waals surface area contributed by atoms with Crippen molar-refractivity contribution in [2.75, 3.05) is 14.1 Å². The molecule has 2 rings (SSSR count). The maximum atomic E-state index is 11.3. The van der Waals surface area contributed by atoms with Gasteiger partial charge in [-0.1, -0.05) is 11.6 Å². The number of fused-ring (bicyclic) bond motifs is 1. The van der Waals surface area contributed by atoms with Crippen LogP contribution in [-0.2, 0) is 6.54 Å². The summed E-state index contributed by atoms with van der Waals surface area (Å²) >= 11 is 6.06. The van der Waals surface area contributed by atoms with Gasteiger partial charge in [0, 0.05) is 23.6 Å². The van der Waals surface area contributed by atoms with Crippen molar-refractivity contribution in [1.82, 2.24) is 4.90 Å². The normalized spacial score (nSPS) is 10.8. The molecule has 0 bridgehead atoms. The molecular formula is C13H15Cl2NO3. The molecule has 104 valence electrons. The number of nitrogens with zero attached hydrogens (tertiary/aromatic N) is 1. The summed E-state index contributed by atoms with van der Waals surface area (Å²) in [6, 6.07) is 3.21. The Morgan fingerprint density at radius 1 is 1.37 bits per heavy atom. The van der Waals surface area contributed by atoms with E-state index in [9.17, 15) is 9.90 Å². The third kappa shape index (κ3) is 3.03. The highest BCUT2D eigenvalue weighted by Gasteiger charge is 2.15. The van der Waals surface area contributed by atoms with Crippen LogP contribution in [-0.4, -0.2) is 24.1 Å². The number of aromatic hydroxyl groups is 1. The number of halogens is 2. The maximum absolute atomic E-state index is 11.3. The van der Waals surface area contributed by atoms with Crippen LogP contribution >= 0.6 is 24.0 Å². The molecule has 0 amide bonds. The van der Waals surface area contributed by atoms with Gasteiger partial charge in [-0.25, -0.2) is 4.79 Å². The number of phenols is 1. The fourth-order valence-corrected chi connectivity index (χ4v) is 2.18. The van der Waals surface area contributed by atoms with E-state index < -0.39 is 5.63 Å². The van der Waals surface area contributed by atoms with Gasteiger partial charge >= 0.3 is 5.63 Å². The molecule has 0 radical (unpaired) electrons. The number of benzene rings is 1. The standard InChI is InChI=1S/C13H14ClNO3.ClH/c1-7-4-10(16)18-13-9(7)5-8(6-15(2)3)12(17)11(13)14;/h4-5,17H,6H2,1-3H3;1H. The second-order valence-corrected chi connectivity index (χ2v) is 4.94. The van der Waals surface area contributed by atoms with Gasteiger partial charge in [-0.3, -0.25) is 0 Å². The largest absolute Gasteiger partial charge is 0.506 e. The summed E-state index contributed by atoms with van der Waals surface area (Å²) in [6.45, 7) is 2.37. The van der Waals surface area contributed by atoms with E-state index in [1.807, 2.05) is 25.9 Å². The molecule has 1 N–H and O–H groups in total. The lowest BCUT2D eigenvalue weighted by Gasteiger charge is -2.13. The summed E-state index contributed by atoms with van der Waals surface area (Å²) in [4.78, 5) is 13.2. The van der Waals surface area contributed by atoms with Gasteiger partial charge in [0.15, 0.2) is 5.58 Å². The first-order chi connectivity index (χ1) is 8.40. The van der Waals surface area contributed by atoms with Gasteiger partial charge in [0.1, 0.15) is 10.8 Å². The number of hydrogen-bond acceptors (Lipinski definition) is 4. The van der Waals surface area contributed by atoms with E-state index in [1.54, 1.807) is 6.07 Å². The number of aryl methyl sites for hydroxylation is 1. The molecule has 1 aromatic heterocycles. The smallest absolute Gasteiger partial charge is 0.336 e. The zero-order valence-electron chi connectivity index (χ0n) is 10.9. The summed E-state index contributed by atoms with van der Waals surface area (Å²) in [7, 11) is 3.80. The first-order valence-corrected chi connectivity index (χ1v) is 5.87. The molecule has 0 aliphatic heterocycles. The fourth-order valence-electron chi connectivity index (χ4n) is 1.91. The first-order valence-electron chi connectivity index (χ1n) is 5.49. The monoisotopic (exact) mass is 303 g/mol. The zero-order chi connectivity index (χ0) is 13.4. The van der Waals surface area contributed by atoms with E-state index in [-0.39, 0.29) is 28.8 Å². The maximum Gasteiger partial charge on any atom is 0.336 e. The van der Waals surface area contributed by atoms with Crippen molar-refractivity contribution in [3.63, 3.8) is 0 Å². The van der Waals surface area contributed by atoms with E-state index >= 15 is 0 Å². The fraction of sp³-hybridized carbons (Fsp3) is 0.308. The Kier molecular flexibility index (Phi) is 4.85. The third-order valence-electron chi connectivity index (χ3n) is 2.72. The molecule has 1 heterocycles. The molecule has 0 aliphatic carbocycles. The molecule has 0 spiro atoms. The Labute approximate surface area is 122 Å². The first kappa shape index (κ1) is 15.8. The van der Waals surface area contributed by atoms with Crippen molar-refractivity contribution < 1.29 is 9.52 Å². The molecule has 0 aliphatic rings. The minimum Gasteiger partial charge on any atom is -0.506 e. The number of rotatable bonds is 2. The van der Waals surface area contributed by atoms with Crippen molar-refractivity contribution in [2.45, 2.75) is 13.5 Å². The van der Waals surface area contributed by atoms with Crippen LogP contribution in [0.3, 0.4) is 0 Å². The summed E-state index contributed by atoms with van der Waals surface area (Å²) in [5.41, 5.74) is 1.25. The highest BCUT2D eigenvalue weighted by atomic mass is 35.5. The topological polar surface area (TPSA) is 53.7 Å². The minimum atomic E-state index is -0.471. The van der Waals surface area contributed by atoms with Gasteiger partial charge in [0.25, 0.3) is 0 Å². The Hall–Kier alpha value is -1.23. The summed E-state index contributed by atoms with van der Waals surface area (Å²) in [6.07, 6.45) is 0. The van der Waals surface area contributed by atoms with E-state index in [0.717, 1.165) is 10.9 Å². The SMILES string of the molecule is Cc1cc(=O)oc2c(Cl)c(O)c(CN(C)C)cc12.Cl. The Morgan fingerprint density at radius 3 is 2.58 bits per heavy atom. The van der Waals surface area contributed by atoms with Crippen LogP contribution < -0.4 is 5.63 Å². The molecule has 19 heavy (non-hydrogen) atoms. The van der Waals surface area contributed by atoms with Gasteiger partial charge in [0.05, 0.1) is 0 Å². The molecule has 2 aromatic rings. The van der Waals surface area contributed by atoms with Crippen molar-refractivity contribution in [1.29, 1.82) is 0 Å². The van der Waals surface area contributed by atoms with Crippen LogP contribution in [0.25, 0.3) is 11.0 Å². The highest BCUT2D eigenvalue weighted by molar-refractivity contribution is 6.36. The van der Waals surface area contributed by atoms with Crippen molar-refractivity contribution >= 4 is 35.0 Å². The lowest BCUT2D eigenvalue weighted by molar-refractivity contribution is 0.386. The average Bonchev–Trinajstić information content (AvgIpc) is 2.26. The summed E-state index contributed by atoms with van der Waals surface area (Å²) in [5.74, 6) is -0.0355. The predicted molar refractivity (Wildman–Crippen MR) is 78.5 cm³/mol. The van der Waals surface area contributed by atoms with Gasteiger partial charge in [-0.05, 0) is 32.6 Å². The molecule has 0 saturated carbocycles. The van der Waals surface area contributed by atoms with Crippen LogP contribution in [0.15, 0.2) is 21.3 Å².